The van der Waals surface area contributed by atoms with Crippen molar-refractivity contribution in [2.24, 2.45) is 0 Å². The van der Waals surface area contributed by atoms with E-state index >= 15 is 0 Å². The SMILES string of the molecule is CC(C)(C)c1ccc(-c2ccnc(-c3[c-]c(-c4cccc5c4nc(-c4cc(C(C)(C)C)cc(C(C)(C)C)c4O)n5-c4ccc(C(C)(C)C)cc4-c4ccccc4)cc(-c4ccccc4)c3)c2)cc1.[Pt]. The van der Waals surface area contributed by atoms with Gasteiger partial charge in [-0.25, -0.2) is 4.98 Å². The molecule has 0 fully saturated rings. The van der Waals surface area contributed by atoms with E-state index in [9.17, 15) is 5.11 Å². The molecule has 69 heavy (non-hydrogen) atoms. The molecule has 0 radical (unpaired) electrons. The van der Waals surface area contributed by atoms with Crippen LogP contribution >= 0.6 is 0 Å². The van der Waals surface area contributed by atoms with E-state index in [0.717, 1.165) is 83.6 Å². The van der Waals surface area contributed by atoms with Crippen LogP contribution in [0.15, 0.2) is 164 Å². The monoisotopic (exact) mass is 1090 g/mol. The summed E-state index contributed by atoms with van der Waals surface area (Å²) in [6.45, 7) is 26.7. The predicted octanol–water partition coefficient (Wildman–Crippen LogP) is 17.1. The molecule has 9 aromatic rings. The van der Waals surface area contributed by atoms with Crippen molar-refractivity contribution >= 4 is 11.0 Å². The largest absolute Gasteiger partial charge is 0.507 e. The predicted molar refractivity (Wildman–Crippen MR) is 287 cm³/mol. The number of hydrogen-bond acceptors (Lipinski definition) is 3. The first-order chi connectivity index (χ1) is 32.1. The van der Waals surface area contributed by atoms with Crippen molar-refractivity contribution in [2.45, 2.75) is 105 Å². The quantitative estimate of drug-likeness (QED) is 0.162. The molecule has 4 nitrogen and oxygen atoms in total. The third-order valence-corrected chi connectivity index (χ3v) is 13.3. The van der Waals surface area contributed by atoms with Gasteiger partial charge >= 0.3 is 0 Å². The maximum atomic E-state index is 12.6. The molecule has 5 heteroatoms. The minimum absolute atomic E-state index is 0. The average Bonchev–Trinajstić information content (AvgIpc) is 3.70. The molecule has 0 bridgehead atoms. The Balaban J connectivity index is 0.00000642. The van der Waals surface area contributed by atoms with Crippen LogP contribution < -0.4 is 0 Å². The Kier molecular flexibility index (Phi) is 13.2. The van der Waals surface area contributed by atoms with Gasteiger partial charge in [0, 0.05) is 44.1 Å². The van der Waals surface area contributed by atoms with Gasteiger partial charge in [0.2, 0.25) is 0 Å². The zero-order valence-electron chi connectivity index (χ0n) is 42.2. The molecule has 352 valence electrons. The van der Waals surface area contributed by atoms with Crippen molar-refractivity contribution in [1.29, 1.82) is 0 Å². The van der Waals surface area contributed by atoms with Crippen LogP contribution in [0.25, 0.3) is 83.9 Å². The third kappa shape index (κ3) is 9.93. The van der Waals surface area contributed by atoms with E-state index in [1.807, 2.05) is 6.20 Å². The summed E-state index contributed by atoms with van der Waals surface area (Å²) in [6.07, 6.45) is 1.90. The minimum Gasteiger partial charge on any atom is -0.507 e. The van der Waals surface area contributed by atoms with Crippen LogP contribution in [0.3, 0.4) is 0 Å². The van der Waals surface area contributed by atoms with Gasteiger partial charge < -0.3 is 5.11 Å². The molecule has 0 aliphatic rings. The minimum atomic E-state index is -0.337. The van der Waals surface area contributed by atoms with E-state index in [-0.39, 0.29) is 48.5 Å². The van der Waals surface area contributed by atoms with Crippen molar-refractivity contribution in [2.75, 3.05) is 0 Å². The van der Waals surface area contributed by atoms with Gasteiger partial charge in [0.05, 0.1) is 22.3 Å². The summed E-state index contributed by atoms with van der Waals surface area (Å²) < 4.78 is 2.28. The number of phenolic OH excluding ortho intramolecular Hbond substituents is 1. The Labute approximate surface area is 424 Å². The molecule has 2 heterocycles. The number of nitrogens with zero attached hydrogens (tertiary/aromatic N) is 3. The van der Waals surface area contributed by atoms with Gasteiger partial charge in [-0.1, -0.05) is 215 Å². The molecule has 0 saturated heterocycles. The van der Waals surface area contributed by atoms with Crippen molar-refractivity contribution < 1.29 is 26.2 Å². The zero-order chi connectivity index (χ0) is 48.3. The number of aromatic nitrogens is 3. The topological polar surface area (TPSA) is 50.9 Å². The summed E-state index contributed by atoms with van der Waals surface area (Å²) in [5.41, 5.74) is 17.6. The van der Waals surface area contributed by atoms with Crippen LogP contribution in [0.4, 0.5) is 0 Å². The van der Waals surface area contributed by atoms with Crippen LogP contribution in [0, 0.1) is 6.07 Å². The second-order valence-electron chi connectivity index (χ2n) is 22.5. The van der Waals surface area contributed by atoms with Crippen LogP contribution in [-0.2, 0) is 42.7 Å². The standard InChI is InChI=1S/C64H64N3O.Pt/c1-61(2,3)48-28-26-42(27-29-48)44-32-33-65-55(37-44)47-35-45(41-20-15-13-16-21-41)34-46(36-47)51-24-19-25-57-58(51)66-60(53-39-50(63(7,8)9)40-54(59(53)68)64(10,11)12)67(57)56-31-30-49(62(4,5)6)38-52(56)43-22-17-14-18-23-43;/h13-35,37-40,68H,1-12H3;/q-1;. The van der Waals surface area contributed by atoms with E-state index in [2.05, 4.69) is 251 Å². The van der Waals surface area contributed by atoms with Crippen LogP contribution in [0.2, 0.25) is 0 Å². The summed E-state index contributed by atoms with van der Waals surface area (Å²) in [4.78, 5) is 10.7. The number of rotatable bonds is 7. The maximum Gasteiger partial charge on any atom is 0.148 e. The number of pyridine rings is 1. The number of benzene rings is 7. The molecule has 0 atom stereocenters. The Morgan fingerprint density at radius 3 is 1.65 bits per heavy atom. The summed E-state index contributed by atoms with van der Waals surface area (Å²) in [5.74, 6) is 0.920. The van der Waals surface area contributed by atoms with Gasteiger partial charge in [0.15, 0.2) is 0 Å². The van der Waals surface area contributed by atoms with Crippen LogP contribution in [0.5, 0.6) is 5.75 Å². The van der Waals surface area contributed by atoms with E-state index in [4.69, 9.17) is 9.97 Å². The Morgan fingerprint density at radius 2 is 1.03 bits per heavy atom. The van der Waals surface area contributed by atoms with Gasteiger partial charge in [-0.05, 0) is 90.9 Å². The van der Waals surface area contributed by atoms with Gasteiger partial charge in [-0.15, -0.1) is 23.8 Å². The molecule has 0 unspecified atom stereocenters. The van der Waals surface area contributed by atoms with Crippen molar-refractivity contribution in [3.05, 3.63) is 192 Å². The number of phenols is 1. The zero-order valence-corrected chi connectivity index (χ0v) is 44.5. The number of para-hydroxylation sites is 1. The van der Waals surface area contributed by atoms with Gasteiger partial charge in [0.1, 0.15) is 11.6 Å². The summed E-state index contributed by atoms with van der Waals surface area (Å²) in [6, 6.07) is 60.2. The van der Waals surface area contributed by atoms with Crippen molar-refractivity contribution in [1.82, 2.24) is 14.5 Å². The molecule has 9 rings (SSSR count). The molecule has 0 amide bonds. The van der Waals surface area contributed by atoms with E-state index < -0.39 is 0 Å². The van der Waals surface area contributed by atoms with Gasteiger partial charge in [-0.3, -0.25) is 9.55 Å². The maximum absolute atomic E-state index is 12.6. The second-order valence-corrected chi connectivity index (χ2v) is 22.5. The summed E-state index contributed by atoms with van der Waals surface area (Å²) >= 11 is 0. The van der Waals surface area contributed by atoms with E-state index in [1.54, 1.807) is 0 Å². The Morgan fingerprint density at radius 1 is 0.449 bits per heavy atom. The Hall–Kier alpha value is -6.35. The molecular formula is C64H64N3OPt-. The second kappa shape index (κ2) is 18.5. The third-order valence-electron chi connectivity index (χ3n) is 13.3. The number of aromatic hydroxyl groups is 1. The Bertz CT molecular complexity index is 3300. The van der Waals surface area contributed by atoms with Crippen molar-refractivity contribution in [3.63, 3.8) is 0 Å². The first kappa shape index (κ1) is 49.1. The number of fused-ring (bicyclic) bond motifs is 1. The van der Waals surface area contributed by atoms with Gasteiger partial charge in [0.25, 0.3) is 0 Å². The molecular weight excluding hydrogens is 1020 g/mol. The molecule has 1 N–H and O–H groups in total. The van der Waals surface area contributed by atoms with Crippen LogP contribution in [-0.4, -0.2) is 19.6 Å². The summed E-state index contributed by atoms with van der Waals surface area (Å²) in [5, 5.41) is 12.6. The average molecular weight is 1090 g/mol. The van der Waals surface area contributed by atoms with Crippen molar-refractivity contribution in [3.8, 4) is 78.6 Å². The van der Waals surface area contributed by atoms with E-state index in [0.29, 0.717) is 11.4 Å². The normalized spacial score (nSPS) is 12.3. The number of hydrogen-bond donors (Lipinski definition) is 1. The van der Waals surface area contributed by atoms with Gasteiger partial charge in [-0.2, -0.15) is 0 Å². The number of imidazole rings is 1. The fraction of sp³-hybridized carbons (Fsp3) is 0.250. The molecule has 0 aliphatic heterocycles. The first-order valence-corrected chi connectivity index (χ1v) is 24.0. The molecule has 0 spiro atoms. The molecule has 7 aromatic carbocycles. The molecule has 0 aliphatic carbocycles. The molecule has 0 saturated carbocycles. The summed E-state index contributed by atoms with van der Waals surface area (Å²) in [7, 11) is 0. The van der Waals surface area contributed by atoms with Crippen LogP contribution in [0.1, 0.15) is 105 Å². The first-order valence-electron chi connectivity index (χ1n) is 24.0. The fourth-order valence-corrected chi connectivity index (χ4v) is 9.17. The smallest absolute Gasteiger partial charge is 0.148 e. The molecule has 2 aromatic heterocycles. The van der Waals surface area contributed by atoms with E-state index in [1.165, 1.54) is 11.1 Å². The fourth-order valence-electron chi connectivity index (χ4n) is 9.17.